The largest absolute Gasteiger partial charge is 0.480 e. The highest BCUT2D eigenvalue weighted by atomic mass is 32.2. The zero-order valence-corrected chi connectivity index (χ0v) is 10.4. The molecule has 1 unspecified atom stereocenters. The van der Waals surface area contributed by atoms with Gasteiger partial charge in [-0.3, -0.25) is 4.79 Å². The number of carbonyl (C=O) groups is 1. The summed E-state index contributed by atoms with van der Waals surface area (Å²) in [5, 5.41) is 9.25. The first-order chi connectivity index (χ1) is 7.49. The number of hydrogen-bond donors (Lipinski definition) is 2. The molecule has 0 aliphatic carbocycles. The molecule has 0 aliphatic heterocycles. The van der Waals surface area contributed by atoms with Crippen LogP contribution < -0.4 is 5.73 Å². The molecule has 0 amide bonds. The summed E-state index contributed by atoms with van der Waals surface area (Å²) in [6.45, 7) is 3.73. The van der Waals surface area contributed by atoms with Crippen molar-refractivity contribution in [3.63, 3.8) is 0 Å². The number of carboxylic acids is 1. The third-order valence-corrected chi connectivity index (χ3v) is 3.85. The quantitative estimate of drug-likeness (QED) is 0.612. The van der Waals surface area contributed by atoms with Crippen LogP contribution in [-0.2, 0) is 4.79 Å². The Morgan fingerprint density at radius 3 is 2.62 bits per heavy atom. The van der Waals surface area contributed by atoms with E-state index in [1.807, 2.05) is 25.1 Å². The van der Waals surface area contributed by atoms with Gasteiger partial charge in [0.15, 0.2) is 0 Å². The van der Waals surface area contributed by atoms with E-state index in [9.17, 15) is 9.90 Å². The van der Waals surface area contributed by atoms with Gasteiger partial charge in [-0.2, -0.15) is 0 Å². The summed E-state index contributed by atoms with van der Waals surface area (Å²) >= 11 is 1.33. The Balaban J connectivity index is 2.92. The van der Waals surface area contributed by atoms with Crippen molar-refractivity contribution in [3.05, 3.63) is 24.3 Å². The molecule has 0 heterocycles. The van der Waals surface area contributed by atoms with E-state index in [0.717, 1.165) is 11.3 Å². The average molecular weight is 239 g/mol. The number of nitrogen functional groups attached to an aromatic ring is 1. The molecule has 0 spiro atoms. The Bertz CT molecular complexity index is 381. The Morgan fingerprint density at radius 1 is 1.50 bits per heavy atom. The van der Waals surface area contributed by atoms with Gasteiger partial charge in [-0.25, -0.2) is 0 Å². The van der Waals surface area contributed by atoms with E-state index in [1.54, 1.807) is 13.0 Å². The van der Waals surface area contributed by atoms with E-state index in [2.05, 4.69) is 0 Å². The summed E-state index contributed by atoms with van der Waals surface area (Å²) in [5.74, 6) is -0.789. The average Bonchev–Trinajstić information content (AvgIpc) is 2.21. The van der Waals surface area contributed by atoms with Crippen molar-refractivity contribution in [2.45, 2.75) is 36.3 Å². The molecule has 3 N–H and O–H groups in total. The first-order valence-corrected chi connectivity index (χ1v) is 6.08. The highest BCUT2D eigenvalue weighted by molar-refractivity contribution is 8.01. The van der Waals surface area contributed by atoms with Crippen molar-refractivity contribution in [1.82, 2.24) is 0 Å². The molecule has 0 bridgehead atoms. The van der Waals surface area contributed by atoms with Gasteiger partial charge in [-0.1, -0.05) is 25.5 Å². The van der Waals surface area contributed by atoms with Crippen LogP contribution in [0.5, 0.6) is 0 Å². The number of aliphatic carboxylic acids is 1. The number of hydrogen-bond acceptors (Lipinski definition) is 3. The fourth-order valence-electron chi connectivity index (χ4n) is 1.49. The second kappa shape index (κ2) is 5.25. The van der Waals surface area contributed by atoms with Crippen molar-refractivity contribution in [1.29, 1.82) is 0 Å². The first-order valence-electron chi connectivity index (χ1n) is 5.26. The van der Waals surface area contributed by atoms with Gasteiger partial charge in [0.05, 0.1) is 0 Å². The molecular weight excluding hydrogens is 222 g/mol. The zero-order valence-electron chi connectivity index (χ0n) is 9.56. The van der Waals surface area contributed by atoms with Crippen molar-refractivity contribution in [3.8, 4) is 0 Å². The molecule has 16 heavy (non-hydrogen) atoms. The van der Waals surface area contributed by atoms with Crippen molar-refractivity contribution >= 4 is 23.4 Å². The smallest absolute Gasteiger partial charge is 0.319 e. The standard InChI is InChI=1S/C12H17NO2S/c1-3-8-12(2,11(14)15)16-10-7-5-4-6-9(10)13/h4-7H,3,8,13H2,1-2H3,(H,14,15). The maximum atomic E-state index is 11.3. The normalized spacial score (nSPS) is 14.4. The lowest BCUT2D eigenvalue weighted by molar-refractivity contribution is -0.139. The SMILES string of the molecule is CCCC(C)(Sc1ccccc1N)C(=O)O. The maximum absolute atomic E-state index is 11.3. The van der Waals surface area contributed by atoms with E-state index in [1.165, 1.54) is 11.8 Å². The summed E-state index contributed by atoms with van der Waals surface area (Å²) in [6.07, 6.45) is 1.46. The van der Waals surface area contributed by atoms with E-state index in [4.69, 9.17) is 5.73 Å². The van der Waals surface area contributed by atoms with Gasteiger partial charge in [0.2, 0.25) is 0 Å². The minimum atomic E-state index is -0.801. The topological polar surface area (TPSA) is 63.3 Å². The molecule has 1 rings (SSSR count). The summed E-state index contributed by atoms with van der Waals surface area (Å²) in [6, 6.07) is 7.36. The minimum absolute atomic E-state index is 0.626. The molecule has 88 valence electrons. The number of thioether (sulfide) groups is 1. The molecule has 4 heteroatoms. The fourth-order valence-corrected chi connectivity index (χ4v) is 2.71. The maximum Gasteiger partial charge on any atom is 0.319 e. The van der Waals surface area contributed by atoms with Crippen LogP contribution in [0.4, 0.5) is 5.69 Å². The zero-order chi connectivity index (χ0) is 12.2. The van der Waals surface area contributed by atoms with E-state index in [-0.39, 0.29) is 0 Å². The highest BCUT2D eigenvalue weighted by Gasteiger charge is 2.33. The number of para-hydroxylation sites is 1. The van der Waals surface area contributed by atoms with Crippen LogP contribution in [0.3, 0.4) is 0 Å². The molecule has 1 aromatic carbocycles. The van der Waals surface area contributed by atoms with Crippen LogP contribution in [0.25, 0.3) is 0 Å². The van der Waals surface area contributed by atoms with Gasteiger partial charge in [-0.15, -0.1) is 11.8 Å². The molecule has 0 saturated heterocycles. The van der Waals surface area contributed by atoms with Crippen molar-refractivity contribution < 1.29 is 9.90 Å². The number of rotatable bonds is 5. The van der Waals surface area contributed by atoms with Crippen LogP contribution in [0.15, 0.2) is 29.2 Å². The minimum Gasteiger partial charge on any atom is -0.480 e. The van der Waals surface area contributed by atoms with Crippen LogP contribution in [0.1, 0.15) is 26.7 Å². The van der Waals surface area contributed by atoms with Crippen molar-refractivity contribution in [2.24, 2.45) is 0 Å². The third-order valence-electron chi connectivity index (χ3n) is 2.43. The Hall–Kier alpha value is -1.16. The van der Waals surface area contributed by atoms with E-state index >= 15 is 0 Å². The number of benzene rings is 1. The molecule has 0 saturated carbocycles. The predicted octanol–water partition coefficient (Wildman–Crippen LogP) is 3.00. The second-order valence-electron chi connectivity index (χ2n) is 3.93. The lowest BCUT2D eigenvalue weighted by Gasteiger charge is -2.24. The lowest BCUT2D eigenvalue weighted by Crippen LogP contribution is -2.31. The molecular formula is C12H17NO2S. The molecule has 0 fully saturated rings. The lowest BCUT2D eigenvalue weighted by atomic mass is 10.1. The summed E-state index contributed by atoms with van der Waals surface area (Å²) < 4.78 is -0.801. The van der Waals surface area contributed by atoms with Crippen LogP contribution in [0, 0.1) is 0 Å². The monoisotopic (exact) mass is 239 g/mol. The Labute approximate surface area is 100 Å². The third kappa shape index (κ3) is 2.92. The molecule has 1 aromatic rings. The van der Waals surface area contributed by atoms with Crippen molar-refractivity contribution in [2.75, 3.05) is 5.73 Å². The fraction of sp³-hybridized carbons (Fsp3) is 0.417. The summed E-state index contributed by atoms with van der Waals surface area (Å²) in [4.78, 5) is 12.1. The van der Waals surface area contributed by atoms with Gasteiger partial charge in [0.1, 0.15) is 4.75 Å². The summed E-state index contributed by atoms with van der Waals surface area (Å²) in [7, 11) is 0. The van der Waals surface area contributed by atoms with Crippen LogP contribution in [-0.4, -0.2) is 15.8 Å². The Morgan fingerprint density at radius 2 is 2.12 bits per heavy atom. The van der Waals surface area contributed by atoms with Gasteiger partial charge in [0.25, 0.3) is 0 Å². The first kappa shape index (κ1) is 12.9. The number of nitrogens with two attached hydrogens (primary N) is 1. The predicted molar refractivity (Wildman–Crippen MR) is 67.7 cm³/mol. The van der Waals surface area contributed by atoms with Gasteiger partial charge in [-0.05, 0) is 25.5 Å². The highest BCUT2D eigenvalue weighted by Crippen LogP contribution is 2.39. The van der Waals surface area contributed by atoms with Gasteiger partial charge < -0.3 is 10.8 Å². The summed E-state index contributed by atoms with van der Waals surface area (Å²) in [5.41, 5.74) is 6.45. The van der Waals surface area contributed by atoms with Crippen LogP contribution >= 0.6 is 11.8 Å². The van der Waals surface area contributed by atoms with E-state index < -0.39 is 10.7 Å². The van der Waals surface area contributed by atoms with Crippen LogP contribution in [0.2, 0.25) is 0 Å². The number of carboxylic acid groups (broad SMARTS) is 1. The Kier molecular flexibility index (Phi) is 4.24. The molecule has 0 aromatic heterocycles. The number of anilines is 1. The van der Waals surface area contributed by atoms with Gasteiger partial charge >= 0.3 is 5.97 Å². The van der Waals surface area contributed by atoms with E-state index in [0.29, 0.717) is 12.1 Å². The molecule has 0 aliphatic rings. The molecule has 1 atom stereocenters. The molecule has 0 radical (unpaired) electrons. The second-order valence-corrected chi connectivity index (χ2v) is 5.47. The molecule has 3 nitrogen and oxygen atoms in total. The van der Waals surface area contributed by atoms with Gasteiger partial charge in [0, 0.05) is 10.6 Å².